The van der Waals surface area contributed by atoms with Gasteiger partial charge in [0.2, 0.25) is 0 Å². The summed E-state index contributed by atoms with van der Waals surface area (Å²) < 4.78 is 14.6. The summed E-state index contributed by atoms with van der Waals surface area (Å²) >= 11 is 3.33. The van der Waals surface area contributed by atoms with E-state index in [2.05, 4.69) is 15.9 Å². The smallest absolute Gasteiger partial charge is 0.126 e. The Bertz CT molecular complexity index is 785. The maximum Gasteiger partial charge on any atom is 0.126 e. The highest BCUT2D eigenvalue weighted by molar-refractivity contribution is 9.10. The lowest BCUT2D eigenvalue weighted by atomic mass is 9.98. The summed E-state index contributed by atoms with van der Waals surface area (Å²) in [7, 11) is 0. The van der Waals surface area contributed by atoms with Gasteiger partial charge in [-0.2, -0.15) is 0 Å². The SMILES string of the molecule is OC(Cc1cc(Br)ccc1F)c1ccc2ccccc2c1. The Morgan fingerprint density at radius 3 is 2.52 bits per heavy atom. The zero-order chi connectivity index (χ0) is 14.8. The zero-order valence-electron chi connectivity index (χ0n) is 11.3. The number of benzene rings is 3. The van der Waals surface area contributed by atoms with Crippen LogP contribution in [0.1, 0.15) is 17.2 Å². The number of fused-ring (bicyclic) bond motifs is 1. The van der Waals surface area contributed by atoms with Gasteiger partial charge in [-0.15, -0.1) is 0 Å². The van der Waals surface area contributed by atoms with Crippen molar-refractivity contribution in [2.24, 2.45) is 0 Å². The Balaban J connectivity index is 1.89. The van der Waals surface area contributed by atoms with E-state index in [1.165, 1.54) is 6.07 Å². The van der Waals surface area contributed by atoms with Gasteiger partial charge in [-0.25, -0.2) is 4.39 Å². The molecule has 21 heavy (non-hydrogen) atoms. The van der Waals surface area contributed by atoms with Gasteiger partial charge in [0.05, 0.1) is 6.10 Å². The van der Waals surface area contributed by atoms with Gasteiger partial charge in [-0.05, 0) is 46.2 Å². The predicted octanol–water partition coefficient (Wildman–Crippen LogP) is 5.02. The van der Waals surface area contributed by atoms with Gasteiger partial charge in [0.25, 0.3) is 0 Å². The number of aliphatic hydroxyl groups is 1. The molecule has 3 aromatic rings. The van der Waals surface area contributed by atoms with E-state index in [9.17, 15) is 9.50 Å². The second-order valence-electron chi connectivity index (χ2n) is 5.06. The molecule has 0 heterocycles. The van der Waals surface area contributed by atoms with Gasteiger partial charge in [-0.1, -0.05) is 52.3 Å². The molecule has 0 aliphatic carbocycles. The molecule has 0 bridgehead atoms. The highest BCUT2D eigenvalue weighted by Crippen LogP contribution is 2.25. The molecule has 3 aromatic carbocycles. The molecule has 0 radical (unpaired) electrons. The van der Waals surface area contributed by atoms with Crippen LogP contribution in [-0.4, -0.2) is 5.11 Å². The quantitative estimate of drug-likeness (QED) is 0.707. The number of hydrogen-bond donors (Lipinski definition) is 1. The van der Waals surface area contributed by atoms with Gasteiger partial charge < -0.3 is 5.11 Å². The molecule has 0 spiro atoms. The first-order valence-electron chi connectivity index (χ1n) is 6.74. The van der Waals surface area contributed by atoms with E-state index in [1.54, 1.807) is 12.1 Å². The molecule has 1 unspecified atom stereocenters. The fraction of sp³-hybridized carbons (Fsp3) is 0.111. The van der Waals surface area contributed by atoms with E-state index in [4.69, 9.17) is 0 Å². The van der Waals surface area contributed by atoms with Gasteiger partial charge in [0, 0.05) is 10.9 Å². The second-order valence-corrected chi connectivity index (χ2v) is 5.98. The van der Waals surface area contributed by atoms with Crippen LogP contribution in [0.15, 0.2) is 65.1 Å². The van der Waals surface area contributed by atoms with Gasteiger partial charge in [-0.3, -0.25) is 0 Å². The van der Waals surface area contributed by atoms with Crippen molar-refractivity contribution in [3.05, 3.63) is 82.1 Å². The number of halogens is 2. The normalized spacial score (nSPS) is 12.5. The molecule has 0 amide bonds. The average Bonchev–Trinajstić information content (AvgIpc) is 2.50. The first-order chi connectivity index (χ1) is 10.1. The van der Waals surface area contributed by atoms with Crippen LogP contribution < -0.4 is 0 Å². The third kappa shape index (κ3) is 3.14. The first kappa shape index (κ1) is 14.2. The van der Waals surface area contributed by atoms with Gasteiger partial charge in [0.15, 0.2) is 0 Å². The minimum absolute atomic E-state index is 0.254. The number of hydrogen-bond acceptors (Lipinski definition) is 1. The summed E-state index contributed by atoms with van der Waals surface area (Å²) in [6.45, 7) is 0. The third-order valence-corrected chi connectivity index (χ3v) is 4.07. The fourth-order valence-electron chi connectivity index (χ4n) is 2.44. The predicted molar refractivity (Wildman–Crippen MR) is 86.7 cm³/mol. The lowest BCUT2D eigenvalue weighted by Crippen LogP contribution is -2.03. The number of aliphatic hydroxyl groups excluding tert-OH is 1. The van der Waals surface area contributed by atoms with Crippen LogP contribution >= 0.6 is 15.9 Å². The van der Waals surface area contributed by atoms with Crippen LogP contribution in [-0.2, 0) is 6.42 Å². The van der Waals surface area contributed by atoms with Crippen molar-refractivity contribution in [3.8, 4) is 0 Å². The third-order valence-electron chi connectivity index (χ3n) is 3.58. The molecule has 3 rings (SSSR count). The molecule has 1 nitrogen and oxygen atoms in total. The van der Waals surface area contributed by atoms with Crippen molar-refractivity contribution < 1.29 is 9.50 Å². The van der Waals surface area contributed by atoms with Gasteiger partial charge in [0.1, 0.15) is 5.82 Å². The second kappa shape index (κ2) is 5.96. The van der Waals surface area contributed by atoms with Crippen LogP contribution in [0.3, 0.4) is 0 Å². The lowest BCUT2D eigenvalue weighted by Gasteiger charge is -2.13. The maximum atomic E-state index is 13.8. The van der Waals surface area contributed by atoms with Crippen molar-refractivity contribution in [1.82, 2.24) is 0 Å². The van der Waals surface area contributed by atoms with E-state index in [0.717, 1.165) is 20.8 Å². The fourth-order valence-corrected chi connectivity index (χ4v) is 2.85. The first-order valence-corrected chi connectivity index (χ1v) is 7.53. The van der Waals surface area contributed by atoms with Crippen LogP contribution in [0.5, 0.6) is 0 Å². The molecular weight excluding hydrogens is 331 g/mol. The summed E-state index contributed by atoms with van der Waals surface area (Å²) in [4.78, 5) is 0. The average molecular weight is 345 g/mol. The molecule has 0 saturated heterocycles. The molecule has 0 fully saturated rings. The van der Waals surface area contributed by atoms with Crippen LogP contribution in [0.2, 0.25) is 0 Å². The molecule has 106 valence electrons. The molecular formula is C18H14BrFO. The summed E-state index contributed by atoms with van der Waals surface area (Å²) in [5.41, 5.74) is 1.30. The Morgan fingerprint density at radius 1 is 0.952 bits per heavy atom. The molecule has 0 aliphatic heterocycles. The summed E-state index contributed by atoms with van der Waals surface area (Å²) in [5, 5.41) is 12.6. The Labute approximate surface area is 131 Å². The highest BCUT2D eigenvalue weighted by Gasteiger charge is 2.12. The molecule has 0 saturated carbocycles. The Kier molecular flexibility index (Phi) is 4.04. The minimum Gasteiger partial charge on any atom is -0.388 e. The molecule has 0 aromatic heterocycles. The van der Waals surface area contributed by atoms with Crippen LogP contribution in [0.4, 0.5) is 4.39 Å². The minimum atomic E-state index is -0.724. The topological polar surface area (TPSA) is 20.2 Å². The molecule has 0 aliphatic rings. The molecule has 1 atom stereocenters. The molecule has 3 heteroatoms. The zero-order valence-corrected chi connectivity index (χ0v) is 12.8. The van der Waals surface area contributed by atoms with Crippen molar-refractivity contribution in [2.75, 3.05) is 0 Å². The van der Waals surface area contributed by atoms with Crippen molar-refractivity contribution >= 4 is 26.7 Å². The van der Waals surface area contributed by atoms with E-state index in [-0.39, 0.29) is 12.2 Å². The maximum absolute atomic E-state index is 13.8. The Hall–Kier alpha value is -1.71. The van der Waals surface area contributed by atoms with E-state index in [0.29, 0.717) is 5.56 Å². The van der Waals surface area contributed by atoms with E-state index in [1.807, 2.05) is 42.5 Å². The van der Waals surface area contributed by atoms with Gasteiger partial charge >= 0.3 is 0 Å². The summed E-state index contributed by atoms with van der Waals surface area (Å²) in [6.07, 6.45) is -0.470. The Morgan fingerprint density at radius 2 is 1.71 bits per heavy atom. The summed E-state index contributed by atoms with van der Waals surface area (Å²) in [6, 6.07) is 18.6. The largest absolute Gasteiger partial charge is 0.388 e. The lowest BCUT2D eigenvalue weighted by molar-refractivity contribution is 0.177. The molecule has 1 N–H and O–H groups in total. The van der Waals surface area contributed by atoms with Crippen LogP contribution in [0, 0.1) is 5.82 Å². The van der Waals surface area contributed by atoms with Crippen molar-refractivity contribution in [1.29, 1.82) is 0 Å². The van der Waals surface area contributed by atoms with Crippen LogP contribution in [0.25, 0.3) is 10.8 Å². The summed E-state index contributed by atoms with van der Waals surface area (Å²) in [5.74, 6) is -0.293. The van der Waals surface area contributed by atoms with Crippen molar-refractivity contribution in [2.45, 2.75) is 12.5 Å². The highest BCUT2D eigenvalue weighted by atomic mass is 79.9. The van der Waals surface area contributed by atoms with E-state index >= 15 is 0 Å². The number of rotatable bonds is 3. The van der Waals surface area contributed by atoms with Crippen molar-refractivity contribution in [3.63, 3.8) is 0 Å². The standard InChI is InChI=1S/C18H14BrFO/c19-16-7-8-17(20)15(10-16)11-18(21)14-6-5-12-3-1-2-4-13(12)9-14/h1-10,18,21H,11H2. The monoisotopic (exact) mass is 344 g/mol. The van der Waals surface area contributed by atoms with E-state index < -0.39 is 6.10 Å².